The Kier molecular flexibility index (Phi) is 1.72. The molecule has 10 heavy (non-hydrogen) atoms. The first kappa shape index (κ1) is 7.21. The van der Waals surface area contributed by atoms with E-state index >= 15 is 0 Å². The molecule has 1 aliphatic carbocycles. The summed E-state index contributed by atoms with van der Waals surface area (Å²) in [5, 5.41) is 2.92. The first-order valence-corrected chi connectivity index (χ1v) is 3.60. The van der Waals surface area contributed by atoms with E-state index in [1.54, 1.807) is 0 Å². The molecular weight excluding hydrogens is 122 g/mol. The average Bonchev–Trinajstić information content (AvgIpc) is 1.98. The van der Waals surface area contributed by atoms with Crippen molar-refractivity contribution in [3.8, 4) is 12.5 Å². The van der Waals surface area contributed by atoms with E-state index in [1.165, 1.54) is 11.3 Å². The van der Waals surface area contributed by atoms with Crippen molar-refractivity contribution in [3.63, 3.8) is 0 Å². The van der Waals surface area contributed by atoms with Crippen LogP contribution in [0, 0.1) is 24.3 Å². The highest BCUT2D eigenvalue weighted by molar-refractivity contribution is 5.29. The minimum Gasteiger partial charge on any atom is -0.319 e. The summed E-state index contributed by atoms with van der Waals surface area (Å²) in [6.07, 6.45) is 5.11. The van der Waals surface area contributed by atoms with E-state index in [0.29, 0.717) is 11.8 Å². The molecule has 0 spiro atoms. The lowest BCUT2D eigenvalue weighted by molar-refractivity contribution is 0.407. The fourth-order valence-corrected chi connectivity index (χ4v) is 1.42. The van der Waals surface area contributed by atoms with Crippen LogP contribution in [0.5, 0.6) is 0 Å². The third kappa shape index (κ3) is 0.806. The zero-order valence-electron chi connectivity index (χ0n) is 6.73. The van der Waals surface area contributed by atoms with Gasteiger partial charge in [-0.3, -0.25) is 0 Å². The predicted molar refractivity (Wildman–Crippen MR) is 43.0 cm³/mol. The van der Waals surface area contributed by atoms with Gasteiger partial charge in [-0.2, -0.15) is 0 Å². The number of rotatable bonds is 1. The largest absolute Gasteiger partial charge is 0.319 e. The first-order valence-electron chi connectivity index (χ1n) is 3.60. The number of allylic oxidation sites excluding steroid dienone is 2. The van der Waals surface area contributed by atoms with E-state index in [0.717, 1.165) is 0 Å². The van der Waals surface area contributed by atoms with Crippen molar-refractivity contribution in [1.82, 2.24) is 5.32 Å². The highest BCUT2D eigenvalue weighted by Crippen LogP contribution is 2.37. The molecule has 0 heterocycles. The Morgan fingerprint density at radius 3 is 2.40 bits per heavy atom. The van der Waals surface area contributed by atoms with Gasteiger partial charge in [-0.15, -0.1) is 0 Å². The Morgan fingerprint density at radius 2 is 2.00 bits per heavy atom. The Morgan fingerprint density at radius 1 is 1.40 bits per heavy atom. The normalized spacial score (nSPS) is 31.0. The van der Waals surface area contributed by atoms with Crippen molar-refractivity contribution in [2.24, 2.45) is 11.8 Å². The molecule has 0 saturated carbocycles. The molecule has 1 aliphatic rings. The molecule has 0 aliphatic heterocycles. The summed E-state index contributed by atoms with van der Waals surface area (Å²) in [5.74, 6) is 1.33. The smallest absolute Gasteiger partial charge is 0.0256 e. The third-order valence-corrected chi connectivity index (χ3v) is 2.52. The average molecular weight is 135 g/mol. The minimum atomic E-state index is 0.621. The van der Waals surface area contributed by atoms with Crippen LogP contribution in [0.1, 0.15) is 20.8 Å². The lowest BCUT2D eigenvalue weighted by Gasteiger charge is -2.35. The van der Waals surface area contributed by atoms with Gasteiger partial charge in [-0.25, -0.2) is 0 Å². The number of nitrogens with one attached hydrogen (secondary N) is 1. The van der Waals surface area contributed by atoms with Gasteiger partial charge in [0.05, 0.1) is 0 Å². The second-order valence-electron chi connectivity index (χ2n) is 2.94. The third-order valence-electron chi connectivity index (χ3n) is 2.52. The Labute approximate surface area is 62.5 Å². The number of hydrogen-bond donors (Lipinski definition) is 1. The van der Waals surface area contributed by atoms with Gasteiger partial charge in [0.15, 0.2) is 0 Å². The number of terminal acetylenes is 1. The van der Waals surface area contributed by atoms with E-state index in [2.05, 4.69) is 32.1 Å². The molecule has 0 aromatic carbocycles. The van der Waals surface area contributed by atoms with Crippen molar-refractivity contribution < 1.29 is 0 Å². The molecule has 0 aromatic rings. The summed E-state index contributed by atoms with van der Waals surface area (Å²) in [4.78, 5) is 0. The fraction of sp³-hybridized carbons (Fsp3) is 0.556. The van der Waals surface area contributed by atoms with Crippen LogP contribution in [0.25, 0.3) is 0 Å². The summed E-state index contributed by atoms with van der Waals surface area (Å²) < 4.78 is 0. The van der Waals surface area contributed by atoms with Gasteiger partial charge >= 0.3 is 0 Å². The highest BCUT2D eigenvalue weighted by Gasteiger charge is 2.30. The zero-order chi connectivity index (χ0) is 7.72. The molecule has 0 radical (unpaired) electrons. The van der Waals surface area contributed by atoms with Gasteiger partial charge in [0.25, 0.3) is 0 Å². The van der Waals surface area contributed by atoms with Gasteiger partial charge in [0.1, 0.15) is 0 Å². The van der Waals surface area contributed by atoms with Crippen molar-refractivity contribution in [1.29, 1.82) is 0 Å². The van der Waals surface area contributed by atoms with Crippen LogP contribution in [0.15, 0.2) is 11.3 Å². The summed E-state index contributed by atoms with van der Waals surface area (Å²) in [5.41, 5.74) is 2.65. The Hall–Kier alpha value is -0.900. The van der Waals surface area contributed by atoms with Crippen LogP contribution in [-0.2, 0) is 0 Å². The van der Waals surface area contributed by atoms with Gasteiger partial charge in [0, 0.05) is 17.7 Å². The van der Waals surface area contributed by atoms with E-state index in [1.807, 2.05) is 0 Å². The maximum Gasteiger partial charge on any atom is 0.0256 e. The molecule has 0 bridgehead atoms. The molecule has 1 heteroatoms. The van der Waals surface area contributed by atoms with Gasteiger partial charge in [0.2, 0.25) is 0 Å². The molecule has 0 saturated heterocycles. The SMILES string of the molecule is C#CNC1=C(C)C(C)C1C. The quantitative estimate of drug-likeness (QED) is 0.426. The molecule has 2 atom stereocenters. The Balaban J connectivity index is 2.70. The minimum absolute atomic E-state index is 0.621. The van der Waals surface area contributed by atoms with Crippen LogP contribution in [0.2, 0.25) is 0 Å². The van der Waals surface area contributed by atoms with Gasteiger partial charge < -0.3 is 5.32 Å². The monoisotopic (exact) mass is 135 g/mol. The molecule has 1 rings (SSSR count). The molecule has 54 valence electrons. The van der Waals surface area contributed by atoms with E-state index < -0.39 is 0 Å². The van der Waals surface area contributed by atoms with Crippen molar-refractivity contribution in [2.45, 2.75) is 20.8 Å². The van der Waals surface area contributed by atoms with E-state index in [4.69, 9.17) is 6.42 Å². The summed E-state index contributed by atoms with van der Waals surface area (Å²) in [6, 6.07) is 2.44. The zero-order valence-corrected chi connectivity index (χ0v) is 6.73. The maximum absolute atomic E-state index is 5.11. The molecule has 0 fully saturated rings. The van der Waals surface area contributed by atoms with E-state index in [9.17, 15) is 0 Å². The van der Waals surface area contributed by atoms with Gasteiger partial charge in [-0.05, 0) is 18.4 Å². The first-order chi connectivity index (χ1) is 4.68. The molecule has 0 aromatic heterocycles. The van der Waals surface area contributed by atoms with Crippen LogP contribution >= 0.6 is 0 Å². The second kappa shape index (κ2) is 2.38. The second-order valence-corrected chi connectivity index (χ2v) is 2.94. The summed E-state index contributed by atoms with van der Waals surface area (Å²) in [6.45, 7) is 6.55. The van der Waals surface area contributed by atoms with Gasteiger partial charge in [-0.1, -0.05) is 20.3 Å². The highest BCUT2D eigenvalue weighted by atomic mass is 14.9. The van der Waals surface area contributed by atoms with Crippen molar-refractivity contribution in [2.75, 3.05) is 0 Å². The number of hydrogen-bond acceptors (Lipinski definition) is 1. The molecule has 2 unspecified atom stereocenters. The topological polar surface area (TPSA) is 12.0 Å². The molecule has 1 nitrogen and oxygen atoms in total. The van der Waals surface area contributed by atoms with Crippen LogP contribution < -0.4 is 5.32 Å². The fourth-order valence-electron chi connectivity index (χ4n) is 1.42. The predicted octanol–water partition coefficient (Wildman–Crippen LogP) is 1.73. The van der Waals surface area contributed by atoms with Crippen LogP contribution in [-0.4, -0.2) is 0 Å². The maximum atomic E-state index is 5.11. The molecule has 1 N–H and O–H groups in total. The van der Waals surface area contributed by atoms with E-state index in [-0.39, 0.29) is 0 Å². The van der Waals surface area contributed by atoms with Crippen molar-refractivity contribution >= 4 is 0 Å². The standard InChI is InChI=1S/C9H13N/c1-5-10-9-7(3)6(2)8(9)4/h1,6-7,10H,2-4H3. The van der Waals surface area contributed by atoms with Crippen LogP contribution in [0.4, 0.5) is 0 Å². The summed E-state index contributed by atoms with van der Waals surface area (Å²) >= 11 is 0. The van der Waals surface area contributed by atoms with Crippen LogP contribution in [0.3, 0.4) is 0 Å². The molecule has 0 amide bonds. The lowest BCUT2D eigenvalue weighted by atomic mass is 9.74. The lowest BCUT2D eigenvalue weighted by Crippen LogP contribution is -2.31. The summed E-state index contributed by atoms with van der Waals surface area (Å²) in [7, 11) is 0. The molecular formula is C9H13N. The Bertz CT molecular complexity index is 207. The van der Waals surface area contributed by atoms with Crippen molar-refractivity contribution in [3.05, 3.63) is 11.3 Å².